The van der Waals surface area contributed by atoms with Gasteiger partial charge in [-0.2, -0.15) is 15.8 Å². The Balaban J connectivity index is 2.02. The van der Waals surface area contributed by atoms with E-state index in [-0.39, 0.29) is 44.8 Å². The summed E-state index contributed by atoms with van der Waals surface area (Å²) in [4.78, 5) is 16.4. The molecular weight excluding hydrogens is 610 g/mol. The molecular formula is C36H6F2N10. The molecule has 12 heteroatoms. The van der Waals surface area contributed by atoms with E-state index in [2.05, 4.69) is 24.2 Å². The largest absolute Gasteiger partial charge is 0.270 e. The minimum Gasteiger partial charge on any atom is -0.250 e. The van der Waals surface area contributed by atoms with Gasteiger partial charge in [0.2, 0.25) is 5.70 Å². The first-order valence-electron chi connectivity index (χ1n) is 13.0. The number of rotatable bonds is 2. The molecule has 0 atom stereocenters. The molecule has 3 aromatic carbocycles. The van der Waals surface area contributed by atoms with Crippen LogP contribution >= 0.6 is 0 Å². The Morgan fingerprint density at radius 2 is 1.10 bits per heavy atom. The topological polar surface area (TPSA) is 141 Å². The van der Waals surface area contributed by atoms with Crippen molar-refractivity contribution in [1.29, 1.82) is 26.3 Å². The average Bonchev–Trinajstić information content (AvgIpc) is 3.65. The Labute approximate surface area is 271 Å². The predicted molar refractivity (Wildman–Crippen MR) is 165 cm³/mol. The number of hydrogen-bond acceptors (Lipinski definition) is 5. The van der Waals surface area contributed by atoms with Gasteiger partial charge in [0, 0.05) is 27.8 Å². The van der Waals surface area contributed by atoms with Gasteiger partial charge in [0.1, 0.15) is 29.8 Å². The summed E-state index contributed by atoms with van der Waals surface area (Å²) in [5.41, 5.74) is -7.49. The minimum atomic E-state index is -1.34. The van der Waals surface area contributed by atoms with Crippen molar-refractivity contribution in [2.45, 2.75) is 0 Å². The van der Waals surface area contributed by atoms with Crippen molar-refractivity contribution in [1.82, 2.24) is 0 Å². The van der Waals surface area contributed by atoms with E-state index in [1.807, 2.05) is 12.1 Å². The van der Waals surface area contributed by atoms with Gasteiger partial charge in [0.25, 0.3) is 11.4 Å². The van der Waals surface area contributed by atoms with E-state index in [0.717, 1.165) is 0 Å². The van der Waals surface area contributed by atoms with Gasteiger partial charge in [-0.15, -0.1) is 0 Å². The third-order valence-corrected chi connectivity index (χ3v) is 7.54. The number of fused-ring (bicyclic) bond motifs is 2. The molecule has 3 aromatic rings. The Kier molecular flexibility index (Phi) is 7.59. The van der Waals surface area contributed by atoms with Crippen LogP contribution in [0.1, 0.15) is 44.5 Å². The average molecular weight is 617 g/mol. The van der Waals surface area contributed by atoms with Gasteiger partial charge in [-0.3, -0.25) is 9.69 Å². The summed E-state index contributed by atoms with van der Waals surface area (Å²) in [5.74, 6) is -2.68. The van der Waals surface area contributed by atoms with Crippen LogP contribution in [0.3, 0.4) is 0 Å². The zero-order valence-electron chi connectivity index (χ0n) is 23.7. The quantitative estimate of drug-likeness (QED) is 0.210. The molecule has 0 bridgehead atoms. The fourth-order valence-corrected chi connectivity index (χ4v) is 5.65. The maximum Gasteiger partial charge on any atom is 0.270 e. The van der Waals surface area contributed by atoms with Crippen LogP contribution in [0.5, 0.6) is 0 Å². The third-order valence-electron chi connectivity index (χ3n) is 7.54. The molecule has 0 heterocycles. The molecule has 2 aliphatic rings. The van der Waals surface area contributed by atoms with Crippen molar-refractivity contribution in [3.63, 3.8) is 0 Å². The molecule has 214 valence electrons. The van der Waals surface area contributed by atoms with Gasteiger partial charge in [0.05, 0.1) is 61.7 Å². The molecule has 0 unspecified atom stereocenters. The SMILES string of the molecule is [C-]#[N+]C1=C(c2ccc([N+]#[C-])c([N+]#[C-])c2)/C(=C(/C#N)[N+]#[C-])c2c(F)c3c(c(F)c21)/C(=C(/C#N)[N+]#[C-])C(c1ccc(C#N)c(C#N)c1)=C3C#N. The summed E-state index contributed by atoms with van der Waals surface area (Å²) in [7, 11) is 0. The molecule has 0 amide bonds. The second-order valence-electron chi connectivity index (χ2n) is 9.63. The smallest absolute Gasteiger partial charge is 0.250 e. The second-order valence-corrected chi connectivity index (χ2v) is 9.63. The molecule has 0 radical (unpaired) electrons. The minimum absolute atomic E-state index is 0.00560. The number of hydrogen-bond donors (Lipinski definition) is 0. The second kappa shape index (κ2) is 11.8. The highest BCUT2D eigenvalue weighted by Crippen LogP contribution is 2.58. The lowest BCUT2D eigenvalue weighted by Crippen LogP contribution is -2.04. The maximum atomic E-state index is 17.1. The number of allylic oxidation sites excluding steroid dienone is 7. The van der Waals surface area contributed by atoms with Crippen LogP contribution in [0.15, 0.2) is 47.8 Å². The highest BCUT2D eigenvalue weighted by Gasteiger charge is 2.43. The van der Waals surface area contributed by atoms with Crippen molar-refractivity contribution in [2.75, 3.05) is 0 Å². The summed E-state index contributed by atoms with van der Waals surface area (Å²) < 4.78 is 34.3. The van der Waals surface area contributed by atoms with Crippen LogP contribution in [0.25, 0.3) is 57.8 Å². The van der Waals surface area contributed by atoms with Crippen LogP contribution in [-0.2, 0) is 0 Å². The van der Waals surface area contributed by atoms with Gasteiger partial charge in [-0.05, 0) is 40.0 Å². The Bertz CT molecular complexity index is 2470. The van der Waals surface area contributed by atoms with Crippen LogP contribution in [0, 0.1) is 101 Å². The summed E-state index contributed by atoms with van der Waals surface area (Å²) in [5, 5.41) is 49.2. The number of nitriles is 5. The van der Waals surface area contributed by atoms with Gasteiger partial charge in [-0.1, -0.05) is 24.3 Å². The molecule has 0 saturated heterocycles. The Morgan fingerprint density at radius 1 is 0.562 bits per heavy atom. The first-order valence-corrected chi connectivity index (χ1v) is 13.0. The van der Waals surface area contributed by atoms with Crippen LogP contribution in [0.4, 0.5) is 20.2 Å². The van der Waals surface area contributed by atoms with Crippen LogP contribution in [0.2, 0.25) is 0 Å². The van der Waals surface area contributed by atoms with Crippen molar-refractivity contribution >= 4 is 44.9 Å². The van der Waals surface area contributed by atoms with Crippen molar-refractivity contribution in [2.24, 2.45) is 0 Å². The lowest BCUT2D eigenvalue weighted by atomic mass is 9.90. The number of benzene rings is 3. The van der Waals surface area contributed by atoms with Crippen molar-refractivity contribution in [3.05, 3.63) is 161 Å². The fourth-order valence-electron chi connectivity index (χ4n) is 5.65. The molecule has 2 aliphatic carbocycles. The summed E-state index contributed by atoms with van der Waals surface area (Å²) in [6.45, 7) is 38.1. The standard InChI is InChI=1S/C36H6F2N10/c1-44-22-9-8-18(11-23(22)45-2)27-30(25(16-43)47-4)32-33(36(27)48-5)35(38)31-28(34(32)37)21(14-41)26(29(31)24(15-42)46-3)17-6-7-19(12-39)20(10-17)13-40/h6-11H/b29-24-,30-25+. The van der Waals surface area contributed by atoms with E-state index in [4.69, 9.17) is 32.9 Å². The van der Waals surface area contributed by atoms with Crippen LogP contribution < -0.4 is 0 Å². The normalized spacial score (nSPS) is 14.2. The summed E-state index contributed by atoms with van der Waals surface area (Å²) in [6, 6.07) is 16.1. The first-order chi connectivity index (χ1) is 23.2. The molecule has 0 fully saturated rings. The molecule has 5 rings (SSSR count). The monoisotopic (exact) mass is 616 g/mol. The van der Waals surface area contributed by atoms with Crippen molar-refractivity contribution in [3.8, 4) is 30.3 Å². The Morgan fingerprint density at radius 3 is 1.62 bits per heavy atom. The van der Waals surface area contributed by atoms with Gasteiger partial charge in [0.15, 0.2) is 11.4 Å². The maximum absolute atomic E-state index is 17.1. The van der Waals surface area contributed by atoms with E-state index in [0.29, 0.717) is 0 Å². The van der Waals surface area contributed by atoms with Crippen molar-refractivity contribution < 1.29 is 8.78 Å². The van der Waals surface area contributed by atoms with E-state index >= 15 is 8.78 Å². The molecule has 0 saturated carbocycles. The molecule has 48 heavy (non-hydrogen) atoms. The highest BCUT2D eigenvalue weighted by atomic mass is 19.1. The lowest BCUT2D eigenvalue weighted by Gasteiger charge is -2.15. The predicted octanol–water partition coefficient (Wildman–Crippen LogP) is 8.37. The van der Waals surface area contributed by atoms with Gasteiger partial charge in [-0.25, -0.2) is 33.8 Å². The van der Waals surface area contributed by atoms with E-state index in [9.17, 15) is 26.3 Å². The van der Waals surface area contributed by atoms with Gasteiger partial charge >= 0.3 is 0 Å². The van der Waals surface area contributed by atoms with Gasteiger partial charge < -0.3 is 0 Å². The molecule has 0 aliphatic heterocycles. The van der Waals surface area contributed by atoms with E-state index in [1.165, 1.54) is 36.4 Å². The Hall–Kier alpha value is -8.62. The zero-order chi connectivity index (χ0) is 34.9. The summed E-state index contributed by atoms with van der Waals surface area (Å²) in [6.07, 6.45) is 0. The van der Waals surface area contributed by atoms with E-state index in [1.54, 1.807) is 18.2 Å². The lowest BCUT2D eigenvalue weighted by molar-refractivity contribution is 0.590. The fraction of sp³-hybridized carbons (Fsp3) is 0. The number of nitrogens with zero attached hydrogens (tertiary/aromatic N) is 10. The first kappa shape index (κ1) is 30.8. The molecule has 0 N–H and O–H groups in total. The molecule has 0 aromatic heterocycles. The van der Waals surface area contributed by atoms with E-state index < -0.39 is 67.7 Å². The third kappa shape index (κ3) is 4.14. The molecule has 0 spiro atoms. The zero-order valence-corrected chi connectivity index (χ0v) is 23.7. The highest BCUT2D eigenvalue weighted by molar-refractivity contribution is 6.29. The van der Waals surface area contributed by atoms with Crippen LogP contribution in [-0.4, -0.2) is 0 Å². The molecule has 10 nitrogen and oxygen atoms in total. The number of halogens is 2. The summed E-state index contributed by atoms with van der Waals surface area (Å²) >= 11 is 0.